The maximum absolute atomic E-state index is 12.4. The van der Waals surface area contributed by atoms with Crippen molar-refractivity contribution >= 4 is 59.1 Å². The number of benzene rings is 2. The van der Waals surface area contributed by atoms with Crippen molar-refractivity contribution in [1.29, 1.82) is 0 Å². The topological polar surface area (TPSA) is 104 Å². The zero-order valence-corrected chi connectivity index (χ0v) is 17.5. The first-order valence-corrected chi connectivity index (χ1v) is 10.6. The first-order chi connectivity index (χ1) is 12.8. The number of sulfonamides is 1. The number of aromatic nitrogens is 1. The molecule has 0 radical (unpaired) electrons. The molecule has 0 saturated carbocycles. The van der Waals surface area contributed by atoms with Gasteiger partial charge in [-0.1, -0.05) is 6.07 Å². The van der Waals surface area contributed by atoms with E-state index in [0.717, 1.165) is 0 Å². The molecule has 0 spiro atoms. The molecule has 0 fully saturated rings. The van der Waals surface area contributed by atoms with Gasteiger partial charge in [-0.2, -0.15) is 10.2 Å². The fourth-order valence-corrected chi connectivity index (χ4v) is 4.21. The summed E-state index contributed by atoms with van der Waals surface area (Å²) in [6, 6.07) is 14.1. The molecule has 0 atom stereocenters. The summed E-state index contributed by atoms with van der Waals surface area (Å²) in [6.45, 7) is 0. The van der Waals surface area contributed by atoms with Crippen LogP contribution in [-0.4, -0.2) is 18.5 Å². The van der Waals surface area contributed by atoms with E-state index < -0.39 is 10.0 Å². The second-order valence-corrected chi connectivity index (χ2v) is 8.66. The zero-order valence-electron chi connectivity index (χ0n) is 13.5. The molecule has 0 unspecified atom stereocenters. The largest absolute Gasteiger partial charge is 0.506 e. The van der Waals surface area contributed by atoms with Crippen LogP contribution in [0.5, 0.6) is 5.75 Å². The Hall–Kier alpha value is -2.30. The third kappa shape index (κ3) is 4.90. The number of rotatable bonds is 5. The standard InChI is InChI=1S/C17H12Br2N4O3S/c18-14-9-12(10-15(19)17(14)24)22-21-11-4-6-13(7-5-11)27(25,26)23-16-3-1-2-8-20-16/h1-10,24H,(H,20,23)/b22-21+. The summed E-state index contributed by atoms with van der Waals surface area (Å²) in [5.74, 6) is 0.314. The van der Waals surface area contributed by atoms with Crippen LogP contribution in [0.4, 0.5) is 17.2 Å². The monoisotopic (exact) mass is 510 g/mol. The van der Waals surface area contributed by atoms with Crippen LogP contribution in [0.1, 0.15) is 0 Å². The molecule has 0 aliphatic heterocycles. The molecule has 2 N–H and O–H groups in total. The van der Waals surface area contributed by atoms with Crippen molar-refractivity contribution < 1.29 is 13.5 Å². The molecule has 7 nitrogen and oxygen atoms in total. The van der Waals surface area contributed by atoms with Crippen LogP contribution in [0.2, 0.25) is 0 Å². The lowest BCUT2D eigenvalue weighted by Crippen LogP contribution is -2.13. The van der Waals surface area contributed by atoms with Gasteiger partial charge in [-0.05, 0) is 80.4 Å². The third-order valence-electron chi connectivity index (χ3n) is 3.33. The Bertz CT molecular complexity index is 1070. The molecule has 0 aliphatic rings. The van der Waals surface area contributed by atoms with Crippen LogP contribution >= 0.6 is 31.9 Å². The van der Waals surface area contributed by atoms with Gasteiger partial charge in [-0.15, -0.1) is 0 Å². The quantitative estimate of drug-likeness (QED) is 0.439. The lowest BCUT2D eigenvalue weighted by atomic mass is 10.3. The number of pyridine rings is 1. The van der Waals surface area contributed by atoms with E-state index in [4.69, 9.17) is 0 Å². The van der Waals surface area contributed by atoms with Gasteiger partial charge in [-0.25, -0.2) is 13.4 Å². The second-order valence-electron chi connectivity index (χ2n) is 5.27. The van der Waals surface area contributed by atoms with Crippen molar-refractivity contribution in [3.63, 3.8) is 0 Å². The van der Waals surface area contributed by atoms with Crippen molar-refractivity contribution in [1.82, 2.24) is 4.98 Å². The Morgan fingerprint density at radius 2 is 1.56 bits per heavy atom. The molecule has 27 heavy (non-hydrogen) atoms. The number of nitrogens with zero attached hydrogens (tertiary/aromatic N) is 3. The molecule has 0 saturated heterocycles. The van der Waals surface area contributed by atoms with Gasteiger partial charge < -0.3 is 5.11 Å². The molecule has 2 aromatic carbocycles. The summed E-state index contributed by atoms with van der Waals surface area (Å²) in [4.78, 5) is 4.03. The Balaban J connectivity index is 1.77. The third-order valence-corrected chi connectivity index (χ3v) is 5.91. The van der Waals surface area contributed by atoms with Gasteiger partial charge in [0, 0.05) is 6.20 Å². The number of anilines is 1. The number of phenols is 1. The highest BCUT2D eigenvalue weighted by Gasteiger charge is 2.14. The Kier molecular flexibility index (Phi) is 5.88. The van der Waals surface area contributed by atoms with Crippen LogP contribution < -0.4 is 4.72 Å². The van der Waals surface area contributed by atoms with Gasteiger partial charge in [0.25, 0.3) is 10.0 Å². The number of hydrogen-bond acceptors (Lipinski definition) is 6. The molecule has 10 heteroatoms. The molecular weight excluding hydrogens is 500 g/mol. The fourth-order valence-electron chi connectivity index (χ4n) is 2.04. The van der Waals surface area contributed by atoms with Crippen LogP contribution in [0.3, 0.4) is 0 Å². The lowest BCUT2D eigenvalue weighted by molar-refractivity contribution is 0.468. The molecule has 3 aromatic rings. The minimum Gasteiger partial charge on any atom is -0.506 e. The summed E-state index contributed by atoms with van der Waals surface area (Å²) in [7, 11) is -3.74. The molecule has 0 bridgehead atoms. The first-order valence-electron chi connectivity index (χ1n) is 7.49. The Morgan fingerprint density at radius 3 is 2.15 bits per heavy atom. The number of phenolic OH excluding ortho intramolecular Hbond substituents is 1. The highest BCUT2D eigenvalue weighted by Crippen LogP contribution is 2.36. The van der Waals surface area contributed by atoms with Gasteiger partial charge in [-0.3, -0.25) is 4.72 Å². The first kappa shape index (κ1) is 19.5. The minimum absolute atomic E-state index is 0.0731. The molecule has 1 heterocycles. The fraction of sp³-hybridized carbons (Fsp3) is 0. The molecule has 0 aliphatic carbocycles. The number of hydrogen-bond donors (Lipinski definition) is 2. The molecular formula is C17H12Br2N4O3S. The number of aromatic hydroxyl groups is 1. The maximum Gasteiger partial charge on any atom is 0.263 e. The average Bonchev–Trinajstić information content (AvgIpc) is 2.65. The van der Waals surface area contributed by atoms with Crippen molar-refractivity contribution in [3.05, 3.63) is 69.7 Å². The average molecular weight is 512 g/mol. The SMILES string of the molecule is O=S(=O)(Nc1ccccn1)c1ccc(/N=N/c2cc(Br)c(O)c(Br)c2)cc1. The Morgan fingerprint density at radius 1 is 0.926 bits per heavy atom. The molecule has 0 amide bonds. The van der Waals surface area contributed by atoms with Crippen molar-refractivity contribution in [2.24, 2.45) is 10.2 Å². The summed E-state index contributed by atoms with van der Waals surface area (Å²) < 4.78 is 28.1. The van der Waals surface area contributed by atoms with E-state index in [1.165, 1.54) is 18.3 Å². The van der Waals surface area contributed by atoms with Gasteiger partial charge in [0.05, 0.1) is 25.2 Å². The van der Waals surface area contributed by atoms with E-state index in [1.807, 2.05) is 0 Å². The van der Waals surface area contributed by atoms with E-state index in [0.29, 0.717) is 20.3 Å². The second kappa shape index (κ2) is 8.15. The van der Waals surface area contributed by atoms with Crippen LogP contribution in [0, 0.1) is 0 Å². The van der Waals surface area contributed by atoms with E-state index in [9.17, 15) is 13.5 Å². The van der Waals surface area contributed by atoms with Gasteiger partial charge >= 0.3 is 0 Å². The molecule has 1 aromatic heterocycles. The van der Waals surface area contributed by atoms with Gasteiger partial charge in [0.1, 0.15) is 11.6 Å². The highest BCUT2D eigenvalue weighted by atomic mass is 79.9. The molecule has 138 valence electrons. The Labute approximate surface area is 172 Å². The van der Waals surface area contributed by atoms with Gasteiger partial charge in [0.15, 0.2) is 0 Å². The molecule has 3 rings (SSSR count). The summed E-state index contributed by atoms with van der Waals surface area (Å²) >= 11 is 6.44. The normalized spacial score (nSPS) is 11.6. The van der Waals surface area contributed by atoms with Crippen molar-refractivity contribution in [2.45, 2.75) is 4.90 Å². The van der Waals surface area contributed by atoms with Crippen molar-refractivity contribution in [2.75, 3.05) is 4.72 Å². The van der Waals surface area contributed by atoms with Gasteiger partial charge in [0.2, 0.25) is 0 Å². The number of azo groups is 1. The van der Waals surface area contributed by atoms with E-state index in [2.05, 4.69) is 51.8 Å². The van der Waals surface area contributed by atoms with Crippen LogP contribution in [-0.2, 0) is 10.0 Å². The summed E-state index contributed by atoms with van der Waals surface area (Å²) in [5, 5.41) is 17.8. The van der Waals surface area contributed by atoms with E-state index >= 15 is 0 Å². The summed E-state index contributed by atoms with van der Waals surface area (Å²) in [5.41, 5.74) is 0.993. The van der Waals surface area contributed by atoms with Crippen LogP contribution in [0.25, 0.3) is 0 Å². The lowest BCUT2D eigenvalue weighted by Gasteiger charge is -2.07. The van der Waals surface area contributed by atoms with E-state index in [-0.39, 0.29) is 16.5 Å². The number of nitrogens with one attached hydrogen (secondary N) is 1. The van der Waals surface area contributed by atoms with Crippen molar-refractivity contribution in [3.8, 4) is 5.75 Å². The summed E-state index contributed by atoms with van der Waals surface area (Å²) in [6.07, 6.45) is 1.50. The predicted molar refractivity (Wildman–Crippen MR) is 109 cm³/mol. The van der Waals surface area contributed by atoms with E-state index in [1.54, 1.807) is 42.5 Å². The number of halogens is 2. The maximum atomic E-state index is 12.4. The smallest absolute Gasteiger partial charge is 0.263 e. The zero-order chi connectivity index (χ0) is 19.4. The predicted octanol–water partition coefficient (Wildman–Crippen LogP) is 5.53. The van der Waals surface area contributed by atoms with Crippen LogP contribution in [0.15, 0.2) is 84.9 Å². The highest BCUT2D eigenvalue weighted by molar-refractivity contribution is 9.11. The minimum atomic E-state index is -3.74.